The van der Waals surface area contributed by atoms with Gasteiger partial charge in [-0.3, -0.25) is 4.79 Å². The van der Waals surface area contributed by atoms with E-state index in [9.17, 15) is 9.59 Å². The van der Waals surface area contributed by atoms with Crippen LogP contribution in [0.1, 0.15) is 47.7 Å². The summed E-state index contributed by atoms with van der Waals surface area (Å²) in [6.45, 7) is 8.54. The molecule has 3 amide bonds. The van der Waals surface area contributed by atoms with Crippen LogP contribution in [0, 0.1) is 13.8 Å². The zero-order valence-corrected chi connectivity index (χ0v) is 17.5. The summed E-state index contributed by atoms with van der Waals surface area (Å²) in [5.74, 6) is -0.104. The summed E-state index contributed by atoms with van der Waals surface area (Å²) in [5.41, 5.74) is 5.04. The third-order valence-electron chi connectivity index (χ3n) is 5.11. The van der Waals surface area contributed by atoms with Crippen LogP contribution in [0.5, 0.6) is 0 Å². The van der Waals surface area contributed by atoms with Gasteiger partial charge in [-0.2, -0.15) is 0 Å². The highest BCUT2D eigenvalue weighted by Crippen LogP contribution is 2.28. The number of rotatable bonds is 6. The molecular weight excluding hydrogens is 364 g/mol. The van der Waals surface area contributed by atoms with Crippen molar-refractivity contribution in [1.82, 2.24) is 5.32 Å². The molecule has 3 N–H and O–H groups in total. The highest BCUT2D eigenvalue weighted by atomic mass is 16.2. The van der Waals surface area contributed by atoms with Gasteiger partial charge in [0.15, 0.2) is 0 Å². The molecule has 1 fully saturated rings. The predicted molar refractivity (Wildman–Crippen MR) is 119 cm³/mol. The van der Waals surface area contributed by atoms with E-state index in [1.54, 1.807) is 6.07 Å². The van der Waals surface area contributed by atoms with Gasteiger partial charge in [0, 0.05) is 36.7 Å². The largest absolute Gasteiger partial charge is 0.371 e. The van der Waals surface area contributed by atoms with Gasteiger partial charge in [0.25, 0.3) is 5.91 Å². The maximum Gasteiger partial charge on any atom is 0.323 e. The van der Waals surface area contributed by atoms with Crippen molar-refractivity contribution in [2.24, 2.45) is 0 Å². The second kappa shape index (κ2) is 9.45. The minimum atomic E-state index is -0.328. The van der Waals surface area contributed by atoms with E-state index < -0.39 is 0 Å². The molecule has 29 heavy (non-hydrogen) atoms. The summed E-state index contributed by atoms with van der Waals surface area (Å²) < 4.78 is 0. The van der Waals surface area contributed by atoms with E-state index in [0.717, 1.165) is 54.9 Å². The van der Waals surface area contributed by atoms with Gasteiger partial charge in [0.05, 0.1) is 5.56 Å². The average molecular weight is 395 g/mol. The molecule has 2 aromatic rings. The minimum absolute atomic E-state index is 0.104. The summed E-state index contributed by atoms with van der Waals surface area (Å²) in [6, 6.07) is 11.1. The Morgan fingerprint density at radius 2 is 1.76 bits per heavy atom. The van der Waals surface area contributed by atoms with Gasteiger partial charge in [0.1, 0.15) is 0 Å². The molecule has 0 aromatic heterocycles. The molecule has 0 aliphatic carbocycles. The molecule has 6 nitrogen and oxygen atoms in total. The molecule has 0 spiro atoms. The first-order valence-electron chi connectivity index (χ1n) is 10.3. The van der Waals surface area contributed by atoms with Crippen molar-refractivity contribution < 1.29 is 9.59 Å². The van der Waals surface area contributed by atoms with Crippen LogP contribution < -0.4 is 20.9 Å². The van der Waals surface area contributed by atoms with Crippen molar-refractivity contribution in [1.29, 1.82) is 0 Å². The van der Waals surface area contributed by atoms with Crippen LogP contribution >= 0.6 is 0 Å². The van der Waals surface area contributed by atoms with Crippen LogP contribution in [-0.2, 0) is 0 Å². The molecule has 3 rings (SSSR count). The first-order valence-corrected chi connectivity index (χ1v) is 10.3. The number of carbonyl (C=O) groups is 2. The van der Waals surface area contributed by atoms with E-state index in [0.29, 0.717) is 17.8 Å². The molecule has 0 saturated carbocycles. The van der Waals surface area contributed by atoms with Crippen molar-refractivity contribution in [3.63, 3.8) is 0 Å². The fourth-order valence-corrected chi connectivity index (χ4v) is 3.60. The Morgan fingerprint density at radius 3 is 2.45 bits per heavy atom. The van der Waals surface area contributed by atoms with E-state index >= 15 is 0 Å². The topological polar surface area (TPSA) is 73.5 Å². The van der Waals surface area contributed by atoms with Crippen molar-refractivity contribution >= 4 is 29.0 Å². The monoisotopic (exact) mass is 394 g/mol. The Balaban J connectivity index is 1.77. The van der Waals surface area contributed by atoms with E-state index in [-0.39, 0.29) is 11.9 Å². The van der Waals surface area contributed by atoms with E-state index in [2.05, 4.69) is 20.9 Å². The first-order chi connectivity index (χ1) is 14.0. The summed E-state index contributed by atoms with van der Waals surface area (Å²) in [7, 11) is 0. The number of anilines is 3. The number of benzene rings is 2. The molecule has 1 aliphatic heterocycles. The smallest absolute Gasteiger partial charge is 0.323 e. The standard InChI is InChI=1S/C23H30N4O2/c1-4-11-24-22(28)19-15-18(8-10-21(19)27-12-5-6-13-27)25-23(29)26-20-9-7-16(2)14-17(20)3/h7-10,14-15H,4-6,11-13H2,1-3H3,(H,24,28)(H2,25,26,29). The molecule has 154 valence electrons. The normalized spacial score (nSPS) is 13.3. The fraction of sp³-hybridized carbons (Fsp3) is 0.391. The van der Waals surface area contributed by atoms with Crippen LogP contribution in [0.3, 0.4) is 0 Å². The third kappa shape index (κ3) is 5.28. The van der Waals surface area contributed by atoms with Gasteiger partial charge in [-0.15, -0.1) is 0 Å². The number of nitrogens with zero attached hydrogens (tertiary/aromatic N) is 1. The highest BCUT2D eigenvalue weighted by molar-refractivity contribution is 6.04. The third-order valence-corrected chi connectivity index (χ3v) is 5.11. The molecule has 1 heterocycles. The molecule has 0 atom stereocenters. The van der Waals surface area contributed by atoms with Gasteiger partial charge in [-0.1, -0.05) is 24.6 Å². The zero-order valence-electron chi connectivity index (χ0n) is 17.5. The number of amides is 3. The maximum atomic E-state index is 12.7. The second-order valence-electron chi connectivity index (χ2n) is 7.58. The molecule has 1 aliphatic rings. The van der Waals surface area contributed by atoms with E-state index in [1.807, 2.05) is 51.1 Å². The molecule has 0 bridgehead atoms. The van der Waals surface area contributed by atoms with Crippen LogP contribution in [0.4, 0.5) is 21.9 Å². The number of carbonyl (C=O) groups excluding carboxylic acids is 2. The Hall–Kier alpha value is -3.02. The number of hydrogen-bond donors (Lipinski definition) is 3. The van der Waals surface area contributed by atoms with Crippen LogP contribution in [0.15, 0.2) is 36.4 Å². The Bertz CT molecular complexity index is 888. The summed E-state index contributed by atoms with van der Waals surface area (Å²) in [5, 5.41) is 8.68. The van der Waals surface area contributed by atoms with Crippen molar-refractivity contribution in [3.05, 3.63) is 53.1 Å². The van der Waals surface area contributed by atoms with Gasteiger partial charge >= 0.3 is 6.03 Å². The molecule has 6 heteroatoms. The van der Waals surface area contributed by atoms with Gasteiger partial charge in [-0.25, -0.2) is 4.79 Å². The van der Waals surface area contributed by atoms with Crippen LogP contribution in [0.2, 0.25) is 0 Å². The lowest BCUT2D eigenvalue weighted by Crippen LogP contribution is -2.28. The average Bonchev–Trinajstić information content (AvgIpc) is 3.23. The SMILES string of the molecule is CCCNC(=O)c1cc(NC(=O)Nc2ccc(C)cc2C)ccc1N1CCCC1. The predicted octanol–water partition coefficient (Wildman–Crippen LogP) is 4.69. The van der Waals surface area contributed by atoms with Crippen molar-refractivity contribution in [2.75, 3.05) is 35.2 Å². The lowest BCUT2D eigenvalue weighted by molar-refractivity contribution is 0.0954. The van der Waals surface area contributed by atoms with Gasteiger partial charge in [0.2, 0.25) is 0 Å². The summed E-state index contributed by atoms with van der Waals surface area (Å²) >= 11 is 0. The maximum absolute atomic E-state index is 12.7. The second-order valence-corrected chi connectivity index (χ2v) is 7.58. The fourth-order valence-electron chi connectivity index (χ4n) is 3.60. The Labute approximate surface area is 172 Å². The summed E-state index contributed by atoms with van der Waals surface area (Å²) in [6.07, 6.45) is 3.14. The van der Waals surface area contributed by atoms with Gasteiger partial charge < -0.3 is 20.9 Å². The van der Waals surface area contributed by atoms with Crippen LogP contribution in [-0.4, -0.2) is 31.6 Å². The van der Waals surface area contributed by atoms with E-state index in [1.165, 1.54) is 0 Å². The highest BCUT2D eigenvalue weighted by Gasteiger charge is 2.20. The number of aryl methyl sites for hydroxylation is 2. The Kier molecular flexibility index (Phi) is 6.75. The molecule has 2 aromatic carbocycles. The van der Waals surface area contributed by atoms with Crippen molar-refractivity contribution in [2.45, 2.75) is 40.0 Å². The van der Waals surface area contributed by atoms with Crippen LogP contribution in [0.25, 0.3) is 0 Å². The number of hydrogen-bond acceptors (Lipinski definition) is 3. The quantitative estimate of drug-likeness (QED) is 0.666. The molecule has 0 radical (unpaired) electrons. The number of nitrogens with one attached hydrogen (secondary N) is 3. The van der Waals surface area contributed by atoms with Gasteiger partial charge in [-0.05, 0) is 62.9 Å². The van der Waals surface area contributed by atoms with Crippen molar-refractivity contribution in [3.8, 4) is 0 Å². The zero-order chi connectivity index (χ0) is 20.8. The Morgan fingerprint density at radius 1 is 1.00 bits per heavy atom. The number of urea groups is 1. The lowest BCUT2D eigenvalue weighted by Gasteiger charge is -2.22. The molecule has 0 unspecified atom stereocenters. The molecular formula is C23H30N4O2. The molecule has 1 saturated heterocycles. The lowest BCUT2D eigenvalue weighted by atomic mass is 10.1. The summed E-state index contributed by atoms with van der Waals surface area (Å²) in [4.78, 5) is 27.4. The van der Waals surface area contributed by atoms with E-state index in [4.69, 9.17) is 0 Å². The minimum Gasteiger partial charge on any atom is -0.371 e. The first kappa shape index (κ1) is 20.7.